The molecule has 0 unspecified atom stereocenters. The number of hydrogen-bond acceptors (Lipinski definition) is 7. The van der Waals surface area contributed by atoms with Crippen LogP contribution in [0.4, 0.5) is 0 Å². The van der Waals surface area contributed by atoms with E-state index in [1.807, 2.05) is 0 Å². The second-order valence-electron chi connectivity index (χ2n) is 7.16. The lowest BCUT2D eigenvalue weighted by Gasteiger charge is -2.29. The molecule has 9 heteroatoms. The molecule has 0 atom stereocenters. The molecule has 9 nitrogen and oxygen atoms in total. The SMILES string of the molecule is COc1ccc(C(=O)NCc2c3c(c(OC)c4c2OCO4)C(=O)N(C)CC3)cc1OC. The number of nitrogens with one attached hydrogen (secondary N) is 1. The second-order valence-corrected chi connectivity index (χ2v) is 7.16. The summed E-state index contributed by atoms with van der Waals surface area (Å²) in [7, 11) is 6.29. The van der Waals surface area contributed by atoms with Crippen LogP contribution in [-0.4, -0.2) is 58.4 Å². The number of rotatable bonds is 6. The molecule has 2 aromatic rings. The number of fused-ring (bicyclic) bond motifs is 2. The third-order valence-electron chi connectivity index (χ3n) is 5.52. The predicted molar refractivity (Wildman–Crippen MR) is 110 cm³/mol. The molecule has 0 spiro atoms. The van der Waals surface area contributed by atoms with E-state index in [2.05, 4.69) is 5.32 Å². The van der Waals surface area contributed by atoms with E-state index >= 15 is 0 Å². The van der Waals surface area contributed by atoms with Gasteiger partial charge in [-0.25, -0.2) is 0 Å². The first-order valence-electron chi connectivity index (χ1n) is 9.77. The highest BCUT2D eigenvalue weighted by Gasteiger charge is 2.36. The van der Waals surface area contributed by atoms with Crippen molar-refractivity contribution in [1.82, 2.24) is 10.2 Å². The van der Waals surface area contributed by atoms with E-state index in [4.69, 9.17) is 23.7 Å². The lowest BCUT2D eigenvalue weighted by Crippen LogP contribution is -2.36. The fraction of sp³-hybridized carbons (Fsp3) is 0.364. The fourth-order valence-corrected chi connectivity index (χ4v) is 3.91. The van der Waals surface area contributed by atoms with E-state index in [-0.39, 0.29) is 25.2 Å². The molecule has 0 saturated heterocycles. The summed E-state index contributed by atoms with van der Waals surface area (Å²) in [4.78, 5) is 27.3. The molecule has 31 heavy (non-hydrogen) atoms. The highest BCUT2D eigenvalue weighted by atomic mass is 16.7. The minimum absolute atomic E-state index is 0.0231. The van der Waals surface area contributed by atoms with Crippen LogP contribution in [0.3, 0.4) is 0 Å². The van der Waals surface area contributed by atoms with Gasteiger partial charge >= 0.3 is 0 Å². The normalized spacial score (nSPS) is 14.2. The van der Waals surface area contributed by atoms with Gasteiger partial charge in [0.25, 0.3) is 11.8 Å². The second kappa shape index (κ2) is 8.25. The average Bonchev–Trinajstić information content (AvgIpc) is 3.28. The van der Waals surface area contributed by atoms with Gasteiger partial charge in [-0.3, -0.25) is 9.59 Å². The van der Waals surface area contributed by atoms with Crippen molar-refractivity contribution in [1.29, 1.82) is 0 Å². The number of benzene rings is 2. The topological polar surface area (TPSA) is 95.6 Å². The zero-order valence-electron chi connectivity index (χ0n) is 17.9. The standard InChI is InChI=1S/C22H24N2O7/c1-24-8-7-13-14(18-20(31-11-30-18)19(29-4)17(13)22(24)26)10-23-21(25)12-5-6-15(27-2)16(9-12)28-3/h5-6,9H,7-8,10-11H2,1-4H3,(H,23,25). The molecule has 2 aromatic carbocycles. The van der Waals surface area contributed by atoms with Gasteiger partial charge in [0.2, 0.25) is 12.5 Å². The highest BCUT2D eigenvalue weighted by molar-refractivity contribution is 6.01. The molecule has 1 N–H and O–H groups in total. The minimum Gasteiger partial charge on any atom is -0.493 e. The number of carbonyl (C=O) groups excluding carboxylic acids is 2. The van der Waals surface area contributed by atoms with Crippen LogP contribution in [-0.2, 0) is 13.0 Å². The maximum Gasteiger partial charge on any atom is 0.257 e. The molecule has 0 bridgehead atoms. The van der Waals surface area contributed by atoms with Crippen molar-refractivity contribution in [2.24, 2.45) is 0 Å². The van der Waals surface area contributed by atoms with Gasteiger partial charge in [0.1, 0.15) is 0 Å². The molecule has 2 heterocycles. The number of ether oxygens (including phenoxy) is 5. The van der Waals surface area contributed by atoms with E-state index in [0.29, 0.717) is 52.8 Å². The first-order chi connectivity index (χ1) is 15.0. The molecule has 2 aliphatic heterocycles. The van der Waals surface area contributed by atoms with E-state index in [9.17, 15) is 9.59 Å². The minimum atomic E-state index is -0.294. The Kier molecular flexibility index (Phi) is 5.50. The number of methoxy groups -OCH3 is 3. The van der Waals surface area contributed by atoms with Gasteiger partial charge in [0, 0.05) is 31.3 Å². The quantitative estimate of drug-likeness (QED) is 0.752. The summed E-state index contributed by atoms with van der Waals surface area (Å²) >= 11 is 0. The summed E-state index contributed by atoms with van der Waals surface area (Å²) in [5, 5.41) is 2.91. The highest BCUT2D eigenvalue weighted by Crippen LogP contribution is 2.49. The Hall–Kier alpha value is -3.62. The van der Waals surface area contributed by atoms with Crippen molar-refractivity contribution in [2.75, 3.05) is 41.7 Å². The summed E-state index contributed by atoms with van der Waals surface area (Å²) in [5.74, 6) is 1.81. The average molecular weight is 428 g/mol. The van der Waals surface area contributed by atoms with E-state index in [0.717, 1.165) is 11.1 Å². The largest absolute Gasteiger partial charge is 0.493 e. The summed E-state index contributed by atoms with van der Waals surface area (Å²) in [6.45, 7) is 0.753. The van der Waals surface area contributed by atoms with Gasteiger partial charge in [0.15, 0.2) is 23.0 Å². The van der Waals surface area contributed by atoms with Gasteiger partial charge in [0.05, 0.1) is 26.9 Å². The van der Waals surface area contributed by atoms with E-state index in [1.54, 1.807) is 30.1 Å². The van der Waals surface area contributed by atoms with Crippen LogP contribution in [0.2, 0.25) is 0 Å². The third-order valence-corrected chi connectivity index (χ3v) is 5.52. The maximum atomic E-state index is 12.9. The van der Waals surface area contributed by atoms with Crippen LogP contribution in [0.15, 0.2) is 18.2 Å². The number of amides is 2. The first kappa shape index (κ1) is 20.6. The Labute approximate surface area is 179 Å². The van der Waals surface area contributed by atoms with Crippen molar-refractivity contribution in [3.05, 3.63) is 40.5 Å². The van der Waals surface area contributed by atoms with Crippen LogP contribution in [0.25, 0.3) is 0 Å². The monoisotopic (exact) mass is 428 g/mol. The first-order valence-corrected chi connectivity index (χ1v) is 9.77. The van der Waals surface area contributed by atoms with Crippen LogP contribution in [0.5, 0.6) is 28.7 Å². The van der Waals surface area contributed by atoms with Crippen LogP contribution >= 0.6 is 0 Å². The van der Waals surface area contributed by atoms with Gasteiger partial charge in [-0.2, -0.15) is 0 Å². The molecule has 0 radical (unpaired) electrons. The van der Waals surface area contributed by atoms with Crippen molar-refractivity contribution in [3.63, 3.8) is 0 Å². The molecule has 0 aromatic heterocycles. The van der Waals surface area contributed by atoms with Gasteiger partial charge in [-0.1, -0.05) is 0 Å². The zero-order valence-corrected chi connectivity index (χ0v) is 17.9. The van der Waals surface area contributed by atoms with Crippen LogP contribution < -0.4 is 29.0 Å². The molecule has 0 aliphatic carbocycles. The van der Waals surface area contributed by atoms with Crippen molar-refractivity contribution < 1.29 is 33.3 Å². The number of likely N-dealkylation sites (N-methyl/N-ethyl adjacent to an activating group) is 1. The van der Waals surface area contributed by atoms with Crippen LogP contribution in [0.1, 0.15) is 31.8 Å². The van der Waals surface area contributed by atoms with Gasteiger partial charge in [-0.15, -0.1) is 0 Å². The number of carbonyl (C=O) groups is 2. The smallest absolute Gasteiger partial charge is 0.257 e. The molecule has 164 valence electrons. The predicted octanol–water partition coefficient (Wildman–Crippen LogP) is 2.00. The Morgan fingerprint density at radius 1 is 1.10 bits per heavy atom. The molecular weight excluding hydrogens is 404 g/mol. The summed E-state index contributed by atoms with van der Waals surface area (Å²) in [6.07, 6.45) is 0.617. The van der Waals surface area contributed by atoms with E-state index < -0.39 is 0 Å². The van der Waals surface area contributed by atoms with E-state index in [1.165, 1.54) is 21.3 Å². The maximum absolute atomic E-state index is 12.9. The Bertz CT molecular complexity index is 1050. The number of nitrogens with zero attached hydrogens (tertiary/aromatic N) is 1. The van der Waals surface area contributed by atoms with Gasteiger partial charge in [-0.05, 0) is 30.2 Å². The Morgan fingerprint density at radius 2 is 1.84 bits per heavy atom. The lowest BCUT2D eigenvalue weighted by molar-refractivity contribution is 0.0775. The van der Waals surface area contributed by atoms with Gasteiger partial charge < -0.3 is 33.9 Å². The Balaban J connectivity index is 1.67. The van der Waals surface area contributed by atoms with Crippen molar-refractivity contribution >= 4 is 11.8 Å². The third kappa shape index (κ3) is 3.45. The molecule has 0 saturated carbocycles. The van der Waals surface area contributed by atoms with Crippen molar-refractivity contribution in [3.8, 4) is 28.7 Å². The zero-order chi connectivity index (χ0) is 22.1. The fourth-order valence-electron chi connectivity index (χ4n) is 3.91. The molecule has 0 fully saturated rings. The molecular formula is C22H24N2O7. The molecule has 2 amide bonds. The summed E-state index contributed by atoms with van der Waals surface area (Å²) in [5.41, 5.74) is 2.40. The Morgan fingerprint density at radius 3 is 2.55 bits per heavy atom. The summed E-state index contributed by atoms with van der Waals surface area (Å²) in [6, 6.07) is 4.94. The molecule has 2 aliphatic rings. The summed E-state index contributed by atoms with van der Waals surface area (Å²) < 4.78 is 27.3. The molecule has 4 rings (SSSR count). The number of hydrogen-bond donors (Lipinski definition) is 1. The van der Waals surface area contributed by atoms with Crippen LogP contribution in [0, 0.1) is 0 Å². The van der Waals surface area contributed by atoms with Crippen molar-refractivity contribution in [2.45, 2.75) is 13.0 Å². The lowest BCUT2D eigenvalue weighted by atomic mass is 9.91.